The zero-order chi connectivity index (χ0) is 19.3. The fraction of sp³-hybridized carbons (Fsp3) is 0.467. The molecule has 26 heavy (non-hydrogen) atoms. The van der Waals surface area contributed by atoms with E-state index in [1.807, 2.05) is 30.5 Å². The van der Waals surface area contributed by atoms with Gasteiger partial charge in [0.05, 0.1) is 12.1 Å². The maximum atomic E-state index is 12.2. The van der Waals surface area contributed by atoms with Crippen molar-refractivity contribution in [2.45, 2.75) is 20.8 Å². The molecule has 1 aliphatic heterocycles. The van der Waals surface area contributed by atoms with Crippen LogP contribution in [0.1, 0.15) is 20.8 Å². The molecule has 1 aromatic carbocycles. The average molecular weight is 436 g/mol. The first-order valence-corrected chi connectivity index (χ1v) is 12.4. The highest BCUT2D eigenvalue weighted by molar-refractivity contribution is 8.15. The Morgan fingerprint density at radius 3 is 2.42 bits per heavy atom. The van der Waals surface area contributed by atoms with Crippen LogP contribution in [0.25, 0.3) is 0 Å². The number of hydrogen-bond donors (Lipinski definition) is 0. The Labute approximate surface area is 167 Å². The van der Waals surface area contributed by atoms with Gasteiger partial charge in [0.25, 0.3) is 0 Å². The van der Waals surface area contributed by atoms with Gasteiger partial charge in [-0.15, -0.1) is 15.8 Å². The number of amides is 1. The van der Waals surface area contributed by atoms with Crippen molar-refractivity contribution in [3.63, 3.8) is 0 Å². The number of para-hydroxylation sites is 2. The summed E-state index contributed by atoms with van der Waals surface area (Å²) in [5.74, 6) is 1.53. The summed E-state index contributed by atoms with van der Waals surface area (Å²) >= 11 is 8.22. The lowest BCUT2D eigenvalue weighted by Crippen LogP contribution is -2.29. The molecule has 0 bridgehead atoms. The van der Waals surface area contributed by atoms with Crippen molar-refractivity contribution >= 4 is 53.5 Å². The monoisotopic (exact) mass is 435 g/mol. The summed E-state index contributed by atoms with van der Waals surface area (Å²) < 4.78 is 15.0. The SMILES string of the molecule is CSC(C)=NOC(=O)N(C)SN(CC(C)C)P1(=S)Oc2ccccc2O1. The molecule has 0 aromatic heterocycles. The minimum absolute atomic E-state index is 0.291. The molecular formula is C15H22N3O4PS3. The molecular weight excluding hydrogens is 413 g/mol. The van der Waals surface area contributed by atoms with Gasteiger partial charge < -0.3 is 9.05 Å². The molecule has 2 rings (SSSR count). The highest BCUT2D eigenvalue weighted by atomic mass is 32.5. The summed E-state index contributed by atoms with van der Waals surface area (Å²) in [6.45, 7) is 3.65. The summed E-state index contributed by atoms with van der Waals surface area (Å²) in [4.78, 5) is 17.1. The highest BCUT2D eigenvalue weighted by Gasteiger charge is 2.40. The molecule has 1 aliphatic rings. The zero-order valence-electron chi connectivity index (χ0n) is 15.2. The number of thioether (sulfide) groups is 1. The summed E-state index contributed by atoms with van der Waals surface area (Å²) in [5.41, 5.74) is 0. The molecule has 0 radical (unpaired) electrons. The van der Waals surface area contributed by atoms with E-state index in [0.29, 0.717) is 29.0 Å². The molecule has 0 N–H and O–H groups in total. The van der Waals surface area contributed by atoms with E-state index < -0.39 is 12.7 Å². The minimum atomic E-state index is -2.81. The van der Waals surface area contributed by atoms with Crippen molar-refractivity contribution in [3.05, 3.63) is 24.3 Å². The third-order valence-electron chi connectivity index (χ3n) is 3.09. The van der Waals surface area contributed by atoms with Crippen LogP contribution in [-0.2, 0) is 16.6 Å². The van der Waals surface area contributed by atoms with E-state index in [1.54, 1.807) is 18.0 Å². The van der Waals surface area contributed by atoms with Crippen molar-refractivity contribution in [1.82, 2.24) is 8.38 Å². The molecule has 144 valence electrons. The van der Waals surface area contributed by atoms with Crippen LogP contribution < -0.4 is 9.05 Å². The molecule has 7 nitrogen and oxygen atoms in total. The molecule has 0 fully saturated rings. The number of carbonyl (C=O) groups excluding carboxylic acids is 1. The van der Waals surface area contributed by atoms with Gasteiger partial charge in [-0.25, -0.2) is 9.10 Å². The standard InChI is InChI=1S/C15H22N3O4PS3/c1-11(2)10-18(26-17(4)15(19)20-16-12(3)25-5)23(24)21-13-8-6-7-9-14(13)22-23/h6-9,11H,10H2,1-5H3. The van der Waals surface area contributed by atoms with Gasteiger partial charge in [-0.3, -0.25) is 4.84 Å². The molecule has 1 amide bonds. The molecule has 0 atom stereocenters. The van der Waals surface area contributed by atoms with Gasteiger partial charge in [0.2, 0.25) is 0 Å². The van der Waals surface area contributed by atoms with Crippen LogP contribution in [0.3, 0.4) is 0 Å². The van der Waals surface area contributed by atoms with E-state index in [2.05, 4.69) is 19.0 Å². The molecule has 1 heterocycles. The number of nitrogens with zero attached hydrogens (tertiary/aromatic N) is 3. The molecule has 1 aromatic rings. The second-order valence-corrected chi connectivity index (χ2v) is 11.4. The van der Waals surface area contributed by atoms with E-state index in [4.69, 9.17) is 25.7 Å². The Balaban J connectivity index is 2.11. The maximum Gasteiger partial charge on any atom is 0.446 e. The third kappa shape index (κ3) is 5.53. The normalized spacial score (nSPS) is 15.4. The van der Waals surface area contributed by atoms with Gasteiger partial charge in [0, 0.05) is 25.4 Å². The summed E-state index contributed by atoms with van der Waals surface area (Å²) in [6.07, 6.45) is 1.25. The number of carbonyl (C=O) groups is 1. The number of hydrogen-bond acceptors (Lipinski definition) is 8. The molecule has 0 unspecified atom stereocenters. The fourth-order valence-electron chi connectivity index (χ4n) is 1.82. The third-order valence-corrected chi connectivity index (χ3v) is 8.27. The second-order valence-electron chi connectivity index (χ2n) is 5.78. The Hall–Kier alpha value is -0.930. The zero-order valence-corrected chi connectivity index (χ0v) is 18.6. The van der Waals surface area contributed by atoms with Gasteiger partial charge >= 0.3 is 12.7 Å². The smallest absolute Gasteiger partial charge is 0.420 e. The molecule has 11 heteroatoms. The quantitative estimate of drug-likeness (QED) is 0.155. The van der Waals surface area contributed by atoms with Crippen molar-refractivity contribution in [1.29, 1.82) is 0 Å². The lowest BCUT2D eigenvalue weighted by atomic mass is 10.2. The minimum Gasteiger partial charge on any atom is -0.420 e. The van der Waals surface area contributed by atoms with Crippen LogP contribution in [0.2, 0.25) is 0 Å². The largest absolute Gasteiger partial charge is 0.446 e. The summed E-state index contributed by atoms with van der Waals surface area (Å²) in [6, 6.07) is 7.37. The lowest BCUT2D eigenvalue weighted by molar-refractivity contribution is 0.136. The number of fused-ring (bicyclic) bond motifs is 1. The maximum absolute atomic E-state index is 12.2. The topological polar surface area (TPSA) is 63.6 Å². The van der Waals surface area contributed by atoms with Gasteiger partial charge in [-0.2, -0.15) is 0 Å². The van der Waals surface area contributed by atoms with Gasteiger partial charge in [0.1, 0.15) is 5.04 Å². The van der Waals surface area contributed by atoms with Gasteiger partial charge in [0.15, 0.2) is 11.5 Å². The van der Waals surface area contributed by atoms with Crippen LogP contribution in [-0.4, -0.2) is 39.4 Å². The van der Waals surface area contributed by atoms with Gasteiger partial charge in [-0.05, 0) is 31.2 Å². The first-order chi connectivity index (χ1) is 12.2. The first-order valence-electron chi connectivity index (χ1n) is 7.83. The number of rotatable bonds is 6. The Morgan fingerprint density at radius 1 is 1.35 bits per heavy atom. The van der Waals surface area contributed by atoms with Gasteiger partial charge in [-0.1, -0.05) is 31.1 Å². The van der Waals surface area contributed by atoms with Crippen LogP contribution in [0.4, 0.5) is 4.79 Å². The Morgan fingerprint density at radius 2 is 1.92 bits per heavy atom. The predicted octanol–water partition coefficient (Wildman–Crippen LogP) is 4.97. The average Bonchev–Trinajstić information content (AvgIpc) is 2.95. The molecule has 0 saturated heterocycles. The predicted molar refractivity (Wildman–Crippen MR) is 112 cm³/mol. The van der Waals surface area contributed by atoms with Crippen molar-refractivity contribution in [2.24, 2.45) is 11.1 Å². The molecule has 0 spiro atoms. The molecule has 0 aliphatic carbocycles. The van der Waals surface area contributed by atoms with E-state index in [-0.39, 0.29) is 0 Å². The van der Waals surface area contributed by atoms with E-state index >= 15 is 0 Å². The van der Waals surface area contributed by atoms with Crippen LogP contribution in [0.5, 0.6) is 11.5 Å². The van der Waals surface area contributed by atoms with E-state index in [1.165, 1.54) is 16.1 Å². The lowest BCUT2D eigenvalue weighted by Gasteiger charge is -2.30. The highest BCUT2D eigenvalue weighted by Crippen LogP contribution is 2.63. The van der Waals surface area contributed by atoms with Crippen LogP contribution >= 0.6 is 30.5 Å². The van der Waals surface area contributed by atoms with Crippen molar-refractivity contribution < 1.29 is 18.7 Å². The summed E-state index contributed by atoms with van der Waals surface area (Å²) in [7, 11) is 1.59. The van der Waals surface area contributed by atoms with Crippen LogP contribution in [0.15, 0.2) is 29.4 Å². The van der Waals surface area contributed by atoms with Crippen molar-refractivity contribution in [3.8, 4) is 11.5 Å². The fourth-order valence-corrected chi connectivity index (χ4v) is 6.06. The van der Waals surface area contributed by atoms with E-state index in [9.17, 15) is 4.79 Å². The van der Waals surface area contributed by atoms with Crippen LogP contribution in [0, 0.1) is 5.92 Å². The number of oxime groups is 1. The second kappa shape index (κ2) is 9.32. The van der Waals surface area contributed by atoms with E-state index in [0.717, 1.165) is 12.1 Å². The van der Waals surface area contributed by atoms with Crippen molar-refractivity contribution in [2.75, 3.05) is 19.8 Å². The summed E-state index contributed by atoms with van der Waals surface area (Å²) in [5, 5.41) is 4.41. The molecule has 0 saturated carbocycles. The number of benzene rings is 1. The first kappa shape index (κ1) is 21.4. The Bertz CT molecular complexity index is 703. The Kier molecular flexibility index (Phi) is 7.66.